The summed E-state index contributed by atoms with van der Waals surface area (Å²) in [4.78, 5) is 12.4. The number of nitrogens with one attached hydrogen (secondary N) is 1. The zero-order valence-corrected chi connectivity index (χ0v) is 11.6. The minimum atomic E-state index is -0.227. The van der Waals surface area contributed by atoms with Crippen molar-refractivity contribution in [2.24, 2.45) is 0 Å². The number of amides is 1. The number of ether oxygens (including phenoxy) is 1. The largest absolute Gasteiger partial charge is 0.491 e. The highest BCUT2D eigenvalue weighted by Crippen LogP contribution is 2.27. The molecule has 20 heavy (non-hydrogen) atoms. The molecule has 2 rings (SSSR count). The maximum Gasteiger partial charge on any atom is 0.259 e. The van der Waals surface area contributed by atoms with Crippen LogP contribution in [0.1, 0.15) is 22.8 Å². The predicted octanol–water partition coefficient (Wildman–Crippen LogP) is 3.23. The SMILES string of the molecule is CCOc1c(N)cccc1C(=O)Nc1ccccc1C. The van der Waals surface area contributed by atoms with Gasteiger partial charge in [-0.2, -0.15) is 0 Å². The van der Waals surface area contributed by atoms with Crippen molar-refractivity contribution >= 4 is 17.3 Å². The Morgan fingerprint density at radius 2 is 1.95 bits per heavy atom. The molecule has 0 radical (unpaired) electrons. The molecule has 4 heteroatoms. The summed E-state index contributed by atoms with van der Waals surface area (Å²) >= 11 is 0. The van der Waals surface area contributed by atoms with Crippen LogP contribution in [0.15, 0.2) is 42.5 Å². The fourth-order valence-electron chi connectivity index (χ4n) is 1.94. The van der Waals surface area contributed by atoms with Gasteiger partial charge in [0.05, 0.1) is 17.9 Å². The van der Waals surface area contributed by atoms with Crippen molar-refractivity contribution in [2.75, 3.05) is 17.7 Å². The topological polar surface area (TPSA) is 64.3 Å². The Hall–Kier alpha value is -2.49. The third-order valence-electron chi connectivity index (χ3n) is 2.97. The maximum atomic E-state index is 12.4. The molecule has 0 atom stereocenters. The minimum Gasteiger partial charge on any atom is -0.491 e. The average molecular weight is 270 g/mol. The minimum absolute atomic E-state index is 0.227. The van der Waals surface area contributed by atoms with Crippen LogP contribution in [0.4, 0.5) is 11.4 Å². The van der Waals surface area contributed by atoms with Gasteiger partial charge < -0.3 is 15.8 Å². The molecule has 0 aliphatic carbocycles. The number of hydrogen-bond donors (Lipinski definition) is 2. The van der Waals surface area contributed by atoms with Gasteiger partial charge in [0.25, 0.3) is 5.91 Å². The zero-order chi connectivity index (χ0) is 14.5. The van der Waals surface area contributed by atoms with Gasteiger partial charge in [-0.05, 0) is 37.6 Å². The summed E-state index contributed by atoms with van der Waals surface area (Å²) in [5, 5.41) is 2.88. The number of hydrogen-bond acceptors (Lipinski definition) is 3. The number of carbonyl (C=O) groups is 1. The van der Waals surface area contributed by atoms with E-state index in [1.807, 2.05) is 38.1 Å². The third kappa shape index (κ3) is 2.91. The lowest BCUT2D eigenvalue weighted by atomic mass is 10.1. The number of aryl methyl sites for hydroxylation is 1. The highest BCUT2D eigenvalue weighted by atomic mass is 16.5. The molecular weight excluding hydrogens is 252 g/mol. The summed E-state index contributed by atoms with van der Waals surface area (Å²) in [7, 11) is 0. The Morgan fingerprint density at radius 3 is 2.65 bits per heavy atom. The molecule has 0 aliphatic rings. The number of anilines is 2. The van der Waals surface area contributed by atoms with E-state index in [-0.39, 0.29) is 5.91 Å². The van der Waals surface area contributed by atoms with Gasteiger partial charge in [0.1, 0.15) is 0 Å². The van der Waals surface area contributed by atoms with Crippen molar-refractivity contribution in [3.05, 3.63) is 53.6 Å². The second-order valence-corrected chi connectivity index (χ2v) is 4.43. The van der Waals surface area contributed by atoms with Gasteiger partial charge in [0, 0.05) is 5.69 Å². The second kappa shape index (κ2) is 6.10. The molecule has 0 fully saturated rings. The first-order chi connectivity index (χ1) is 9.63. The predicted molar refractivity (Wildman–Crippen MR) is 81.2 cm³/mol. The maximum absolute atomic E-state index is 12.4. The number of nitrogens with two attached hydrogens (primary N) is 1. The smallest absolute Gasteiger partial charge is 0.259 e. The quantitative estimate of drug-likeness (QED) is 0.838. The standard InChI is InChI=1S/C16H18N2O2/c1-3-20-15-12(8-6-9-13(15)17)16(19)18-14-10-5-4-7-11(14)2/h4-10H,3,17H2,1-2H3,(H,18,19). The van der Waals surface area contributed by atoms with Crippen molar-refractivity contribution < 1.29 is 9.53 Å². The number of para-hydroxylation sites is 2. The zero-order valence-electron chi connectivity index (χ0n) is 11.6. The molecule has 4 nitrogen and oxygen atoms in total. The Labute approximate surface area is 118 Å². The monoisotopic (exact) mass is 270 g/mol. The molecule has 0 saturated heterocycles. The van der Waals surface area contributed by atoms with Crippen molar-refractivity contribution in [2.45, 2.75) is 13.8 Å². The highest BCUT2D eigenvalue weighted by molar-refractivity contribution is 6.07. The summed E-state index contributed by atoms with van der Waals surface area (Å²) in [6.07, 6.45) is 0. The van der Waals surface area contributed by atoms with E-state index in [4.69, 9.17) is 10.5 Å². The number of rotatable bonds is 4. The van der Waals surface area contributed by atoms with E-state index in [9.17, 15) is 4.79 Å². The Bertz CT molecular complexity index is 624. The van der Waals surface area contributed by atoms with Crippen molar-refractivity contribution in [3.63, 3.8) is 0 Å². The van der Waals surface area contributed by atoms with Gasteiger partial charge in [0.2, 0.25) is 0 Å². The average Bonchev–Trinajstić information content (AvgIpc) is 2.43. The molecule has 0 unspecified atom stereocenters. The third-order valence-corrected chi connectivity index (χ3v) is 2.97. The fourth-order valence-corrected chi connectivity index (χ4v) is 1.94. The van der Waals surface area contributed by atoms with Crippen molar-refractivity contribution in [1.82, 2.24) is 0 Å². The lowest BCUT2D eigenvalue weighted by molar-refractivity contribution is 0.102. The van der Waals surface area contributed by atoms with E-state index in [1.54, 1.807) is 18.2 Å². The molecule has 0 spiro atoms. The number of benzene rings is 2. The second-order valence-electron chi connectivity index (χ2n) is 4.43. The summed E-state index contributed by atoms with van der Waals surface area (Å²) in [6, 6.07) is 12.8. The Kier molecular flexibility index (Phi) is 4.25. The molecule has 0 heterocycles. The lowest BCUT2D eigenvalue weighted by Crippen LogP contribution is -2.15. The van der Waals surface area contributed by atoms with Gasteiger partial charge in [0.15, 0.2) is 5.75 Å². The van der Waals surface area contributed by atoms with E-state index in [1.165, 1.54) is 0 Å². The molecule has 3 N–H and O–H groups in total. The van der Waals surface area contributed by atoms with E-state index in [2.05, 4.69) is 5.32 Å². The van der Waals surface area contributed by atoms with Crippen LogP contribution in [0, 0.1) is 6.92 Å². The molecule has 1 amide bonds. The van der Waals surface area contributed by atoms with E-state index in [0.717, 1.165) is 11.3 Å². The summed E-state index contributed by atoms with van der Waals surface area (Å²) in [6.45, 7) is 4.26. The first kappa shape index (κ1) is 13.9. The lowest BCUT2D eigenvalue weighted by Gasteiger charge is -2.13. The van der Waals surface area contributed by atoms with Crippen LogP contribution in [0.3, 0.4) is 0 Å². The molecule has 104 valence electrons. The Morgan fingerprint density at radius 1 is 1.20 bits per heavy atom. The van der Waals surface area contributed by atoms with Crippen LogP contribution >= 0.6 is 0 Å². The molecule has 0 aromatic heterocycles. The molecule has 0 saturated carbocycles. The van der Waals surface area contributed by atoms with Gasteiger partial charge in [-0.3, -0.25) is 4.79 Å². The first-order valence-electron chi connectivity index (χ1n) is 6.51. The van der Waals surface area contributed by atoms with Crippen molar-refractivity contribution in [1.29, 1.82) is 0 Å². The molecule has 0 aliphatic heterocycles. The number of carbonyl (C=O) groups excluding carboxylic acids is 1. The summed E-state index contributed by atoms with van der Waals surface area (Å²) in [5.41, 5.74) is 8.55. The summed E-state index contributed by atoms with van der Waals surface area (Å²) in [5.74, 6) is 0.205. The molecular formula is C16H18N2O2. The van der Waals surface area contributed by atoms with Crippen molar-refractivity contribution in [3.8, 4) is 5.75 Å². The first-order valence-corrected chi connectivity index (χ1v) is 6.51. The highest BCUT2D eigenvalue weighted by Gasteiger charge is 2.15. The van der Waals surface area contributed by atoms with Gasteiger partial charge in [-0.1, -0.05) is 24.3 Å². The van der Waals surface area contributed by atoms with Gasteiger partial charge in [-0.25, -0.2) is 0 Å². The van der Waals surface area contributed by atoms with Crippen LogP contribution in [-0.2, 0) is 0 Å². The van der Waals surface area contributed by atoms with Crippen LogP contribution in [0.5, 0.6) is 5.75 Å². The molecule has 0 bridgehead atoms. The molecule has 2 aromatic rings. The molecule has 2 aromatic carbocycles. The van der Waals surface area contributed by atoms with E-state index < -0.39 is 0 Å². The Balaban J connectivity index is 2.30. The summed E-state index contributed by atoms with van der Waals surface area (Å²) < 4.78 is 5.47. The van der Waals surface area contributed by atoms with Gasteiger partial charge in [-0.15, -0.1) is 0 Å². The van der Waals surface area contributed by atoms with E-state index >= 15 is 0 Å². The van der Waals surface area contributed by atoms with Crippen LogP contribution < -0.4 is 15.8 Å². The van der Waals surface area contributed by atoms with Crippen LogP contribution in [-0.4, -0.2) is 12.5 Å². The normalized spacial score (nSPS) is 10.1. The van der Waals surface area contributed by atoms with Crippen LogP contribution in [0.2, 0.25) is 0 Å². The fraction of sp³-hybridized carbons (Fsp3) is 0.188. The number of nitrogen functional groups attached to an aromatic ring is 1. The van der Waals surface area contributed by atoms with Gasteiger partial charge >= 0.3 is 0 Å². The van der Waals surface area contributed by atoms with Crippen LogP contribution in [0.25, 0.3) is 0 Å². The van der Waals surface area contributed by atoms with E-state index in [0.29, 0.717) is 23.6 Å².